The lowest BCUT2D eigenvalue weighted by molar-refractivity contribution is 0.0687. The summed E-state index contributed by atoms with van der Waals surface area (Å²) in [5.41, 5.74) is 1.52. The molecule has 0 fully saturated rings. The molecule has 0 aliphatic rings. The number of aromatic nitrogens is 3. The van der Waals surface area contributed by atoms with Gasteiger partial charge in [0.25, 0.3) is 0 Å². The van der Waals surface area contributed by atoms with Crippen LogP contribution in [-0.2, 0) is 0 Å². The van der Waals surface area contributed by atoms with E-state index in [0.717, 1.165) is 0 Å². The van der Waals surface area contributed by atoms with Gasteiger partial charge in [0.1, 0.15) is 0 Å². The Morgan fingerprint density at radius 3 is 2.70 bits per heavy atom. The van der Waals surface area contributed by atoms with Crippen molar-refractivity contribution in [1.82, 2.24) is 14.6 Å². The molecular weight excluding hydrogens is 301 g/mol. The maximum Gasteiger partial charge on any atom is 0.354 e. The second kappa shape index (κ2) is 4.77. The van der Waals surface area contributed by atoms with Gasteiger partial charge < -0.3 is 5.11 Å². The van der Waals surface area contributed by atoms with Gasteiger partial charge in [0.2, 0.25) is 0 Å². The van der Waals surface area contributed by atoms with E-state index in [1.54, 1.807) is 24.3 Å². The van der Waals surface area contributed by atoms with Crippen LogP contribution in [0.1, 0.15) is 10.5 Å². The van der Waals surface area contributed by atoms with E-state index in [9.17, 15) is 9.90 Å². The summed E-state index contributed by atoms with van der Waals surface area (Å²) in [4.78, 5) is 15.6. The van der Waals surface area contributed by atoms with Crippen LogP contribution in [0.15, 0.2) is 36.5 Å². The molecule has 0 aliphatic carbocycles. The zero-order chi connectivity index (χ0) is 14.3. The summed E-state index contributed by atoms with van der Waals surface area (Å²) in [6, 6.07) is 8.01. The predicted molar refractivity (Wildman–Crippen MR) is 75.4 cm³/mol. The summed E-state index contributed by atoms with van der Waals surface area (Å²) in [7, 11) is 0. The van der Waals surface area contributed by atoms with Crippen LogP contribution in [0.4, 0.5) is 0 Å². The number of halogens is 2. The quantitative estimate of drug-likeness (QED) is 0.788. The number of carboxylic acid groups (broad SMARTS) is 1. The molecule has 1 N–H and O–H groups in total. The third-order valence-corrected chi connectivity index (χ3v) is 3.33. The first-order chi connectivity index (χ1) is 9.56. The first-order valence-electron chi connectivity index (χ1n) is 5.60. The van der Waals surface area contributed by atoms with Crippen LogP contribution in [0.25, 0.3) is 16.9 Å². The van der Waals surface area contributed by atoms with Crippen LogP contribution in [0.5, 0.6) is 0 Å². The minimum absolute atomic E-state index is 0.0148. The minimum Gasteiger partial charge on any atom is -0.477 e. The van der Waals surface area contributed by atoms with Crippen LogP contribution in [0.3, 0.4) is 0 Å². The smallest absolute Gasteiger partial charge is 0.354 e. The van der Waals surface area contributed by atoms with Gasteiger partial charge >= 0.3 is 5.97 Å². The molecule has 5 nitrogen and oxygen atoms in total. The van der Waals surface area contributed by atoms with E-state index < -0.39 is 5.97 Å². The van der Waals surface area contributed by atoms with Crippen LogP contribution in [0.2, 0.25) is 10.0 Å². The number of hydrogen-bond acceptors (Lipinski definition) is 3. The van der Waals surface area contributed by atoms with Crippen molar-refractivity contribution in [2.75, 3.05) is 0 Å². The van der Waals surface area contributed by atoms with Gasteiger partial charge in [-0.25, -0.2) is 14.3 Å². The summed E-state index contributed by atoms with van der Waals surface area (Å²) in [5, 5.41) is 14.1. The van der Waals surface area contributed by atoms with E-state index in [-0.39, 0.29) is 5.69 Å². The van der Waals surface area contributed by atoms with Crippen molar-refractivity contribution >= 4 is 34.8 Å². The van der Waals surface area contributed by atoms with Gasteiger partial charge in [-0.05, 0) is 24.3 Å². The molecule has 0 unspecified atom stereocenters. The molecule has 0 atom stereocenters. The fourth-order valence-electron chi connectivity index (χ4n) is 1.90. The number of rotatable bonds is 2. The second-order valence-corrected chi connectivity index (χ2v) is 4.90. The monoisotopic (exact) mass is 307 g/mol. The van der Waals surface area contributed by atoms with E-state index in [4.69, 9.17) is 23.2 Å². The maximum atomic E-state index is 11.3. The summed E-state index contributed by atoms with van der Waals surface area (Å²) in [5.74, 6) is -1.09. The van der Waals surface area contributed by atoms with Crippen molar-refractivity contribution in [2.45, 2.75) is 0 Å². The average molecular weight is 308 g/mol. The number of carboxylic acids is 1. The zero-order valence-electron chi connectivity index (χ0n) is 9.92. The molecular formula is C13H7Cl2N3O2. The number of aromatic carboxylic acids is 1. The normalized spacial score (nSPS) is 10.9. The highest BCUT2D eigenvalue weighted by Gasteiger charge is 2.15. The summed E-state index contributed by atoms with van der Waals surface area (Å²) >= 11 is 12.0. The molecule has 0 saturated carbocycles. The Bertz CT molecular complexity index is 830. The van der Waals surface area contributed by atoms with Gasteiger partial charge in [-0.3, -0.25) is 0 Å². The number of fused-ring (bicyclic) bond motifs is 1. The van der Waals surface area contributed by atoms with E-state index in [1.807, 2.05) is 0 Å². The lowest BCUT2D eigenvalue weighted by atomic mass is 10.1. The zero-order valence-corrected chi connectivity index (χ0v) is 11.4. The van der Waals surface area contributed by atoms with Gasteiger partial charge in [0.15, 0.2) is 11.3 Å². The summed E-state index contributed by atoms with van der Waals surface area (Å²) in [6.07, 6.45) is 1.49. The molecule has 0 radical (unpaired) electrons. The number of nitrogens with zero attached hydrogens (tertiary/aromatic N) is 3. The Balaban J connectivity index is 2.28. The molecule has 2 aromatic heterocycles. The van der Waals surface area contributed by atoms with E-state index in [0.29, 0.717) is 26.9 Å². The Morgan fingerprint density at radius 1 is 1.20 bits per heavy atom. The second-order valence-electron chi connectivity index (χ2n) is 4.06. The molecule has 100 valence electrons. The highest BCUT2D eigenvalue weighted by Crippen LogP contribution is 2.30. The number of carbonyl (C=O) groups is 1. The van der Waals surface area contributed by atoms with E-state index in [2.05, 4.69) is 10.1 Å². The Labute approximate surface area is 123 Å². The van der Waals surface area contributed by atoms with Crippen molar-refractivity contribution in [1.29, 1.82) is 0 Å². The fourth-order valence-corrected chi connectivity index (χ4v) is 2.41. The third kappa shape index (κ3) is 2.11. The Hall–Kier alpha value is -2.11. The van der Waals surface area contributed by atoms with Gasteiger partial charge in [0.05, 0.1) is 16.9 Å². The number of benzene rings is 1. The molecule has 0 spiro atoms. The molecule has 0 saturated heterocycles. The molecule has 0 bridgehead atoms. The Morgan fingerprint density at radius 2 is 2.00 bits per heavy atom. The highest BCUT2D eigenvalue weighted by atomic mass is 35.5. The van der Waals surface area contributed by atoms with E-state index >= 15 is 0 Å². The van der Waals surface area contributed by atoms with Crippen molar-refractivity contribution < 1.29 is 9.90 Å². The van der Waals surface area contributed by atoms with Gasteiger partial charge in [-0.2, -0.15) is 5.10 Å². The fraction of sp³-hybridized carbons (Fsp3) is 0. The number of hydrogen-bond donors (Lipinski definition) is 1. The van der Waals surface area contributed by atoms with E-state index in [1.165, 1.54) is 16.8 Å². The first-order valence-corrected chi connectivity index (χ1v) is 6.35. The van der Waals surface area contributed by atoms with Crippen molar-refractivity contribution in [3.8, 4) is 11.3 Å². The highest BCUT2D eigenvalue weighted by molar-refractivity contribution is 6.36. The van der Waals surface area contributed by atoms with Crippen molar-refractivity contribution in [3.63, 3.8) is 0 Å². The topological polar surface area (TPSA) is 67.5 Å². The van der Waals surface area contributed by atoms with Gasteiger partial charge in [0, 0.05) is 16.7 Å². The predicted octanol–water partition coefficient (Wildman–Crippen LogP) is 3.40. The molecule has 20 heavy (non-hydrogen) atoms. The molecule has 3 rings (SSSR count). The SMILES string of the molecule is O=C(O)c1cc(-c2ccc(Cl)cc2Cl)nc2ccnn12. The molecule has 3 aromatic rings. The van der Waals surface area contributed by atoms with Crippen LogP contribution in [-0.4, -0.2) is 25.7 Å². The molecule has 1 aromatic carbocycles. The molecule has 7 heteroatoms. The van der Waals surface area contributed by atoms with Gasteiger partial charge in [-0.1, -0.05) is 23.2 Å². The van der Waals surface area contributed by atoms with Crippen LogP contribution >= 0.6 is 23.2 Å². The molecule has 2 heterocycles. The average Bonchev–Trinajstić information content (AvgIpc) is 2.85. The van der Waals surface area contributed by atoms with Gasteiger partial charge in [-0.15, -0.1) is 0 Å². The summed E-state index contributed by atoms with van der Waals surface area (Å²) < 4.78 is 1.26. The summed E-state index contributed by atoms with van der Waals surface area (Å²) in [6.45, 7) is 0. The van der Waals surface area contributed by atoms with Crippen LogP contribution in [0, 0.1) is 0 Å². The minimum atomic E-state index is -1.09. The maximum absolute atomic E-state index is 11.3. The van der Waals surface area contributed by atoms with Crippen molar-refractivity contribution in [2.24, 2.45) is 0 Å². The lowest BCUT2D eigenvalue weighted by Crippen LogP contribution is -2.08. The molecule has 0 aliphatic heterocycles. The largest absolute Gasteiger partial charge is 0.477 e. The molecule has 0 amide bonds. The first kappa shape index (κ1) is 12.9. The van der Waals surface area contributed by atoms with Crippen LogP contribution < -0.4 is 0 Å². The lowest BCUT2D eigenvalue weighted by Gasteiger charge is -2.07. The Kier molecular flexibility index (Phi) is 3.08. The van der Waals surface area contributed by atoms with Crippen molar-refractivity contribution in [3.05, 3.63) is 52.3 Å². The third-order valence-electron chi connectivity index (χ3n) is 2.79. The standard InChI is InChI=1S/C13H7Cl2N3O2/c14-7-1-2-8(9(15)5-7)10-6-11(13(19)20)18-12(17-10)3-4-16-18/h1-6H,(H,19,20).